The maximum atomic E-state index is 11.8. The van der Waals surface area contributed by atoms with Crippen LogP contribution in [0.25, 0.3) is 10.8 Å². The Morgan fingerprint density at radius 1 is 1.12 bits per heavy atom. The minimum Gasteiger partial charge on any atom is -0.492 e. The highest BCUT2D eigenvalue weighted by Crippen LogP contribution is 2.25. The first-order valence-corrected chi connectivity index (χ1v) is 8.45. The van der Waals surface area contributed by atoms with E-state index in [0.29, 0.717) is 19.7 Å². The normalized spacial score (nSPS) is 17.0. The van der Waals surface area contributed by atoms with Gasteiger partial charge >= 0.3 is 0 Å². The van der Waals surface area contributed by atoms with Crippen LogP contribution in [-0.4, -0.2) is 66.2 Å². The third-order valence-electron chi connectivity index (χ3n) is 4.46. The van der Waals surface area contributed by atoms with Gasteiger partial charge in [0, 0.05) is 38.1 Å². The molecular weight excluding hydrogens is 304 g/mol. The number of amides is 1. The summed E-state index contributed by atoms with van der Waals surface area (Å²) in [5.41, 5.74) is 0. The second kappa shape index (κ2) is 7.64. The van der Waals surface area contributed by atoms with Crippen LogP contribution in [0.3, 0.4) is 0 Å². The van der Waals surface area contributed by atoms with Crippen LogP contribution < -0.4 is 4.74 Å². The molecule has 0 spiro atoms. The maximum Gasteiger partial charge on any atom is 0.251 e. The number of hydrogen-bond donors (Lipinski definition) is 1. The van der Waals surface area contributed by atoms with E-state index in [9.17, 15) is 9.90 Å². The molecule has 1 atom stereocenters. The molecule has 1 heterocycles. The Balaban J connectivity index is 1.48. The molecule has 1 unspecified atom stereocenters. The van der Waals surface area contributed by atoms with Crippen molar-refractivity contribution in [2.24, 2.45) is 0 Å². The fraction of sp³-hybridized carbons (Fsp3) is 0.421. The number of aliphatic hydroxyl groups excluding tert-OH is 1. The van der Waals surface area contributed by atoms with E-state index in [1.54, 1.807) is 4.90 Å². The van der Waals surface area contributed by atoms with E-state index in [1.807, 2.05) is 24.3 Å². The van der Waals surface area contributed by atoms with Crippen molar-refractivity contribution in [3.63, 3.8) is 0 Å². The van der Waals surface area contributed by atoms with Gasteiger partial charge < -0.3 is 14.7 Å². The second-order valence-electron chi connectivity index (χ2n) is 6.17. The van der Waals surface area contributed by atoms with Gasteiger partial charge in [-0.3, -0.25) is 9.69 Å². The third-order valence-corrected chi connectivity index (χ3v) is 4.46. The van der Waals surface area contributed by atoms with Crippen molar-refractivity contribution in [1.82, 2.24) is 9.80 Å². The third kappa shape index (κ3) is 3.86. The lowest BCUT2D eigenvalue weighted by Crippen LogP contribution is -2.51. The van der Waals surface area contributed by atoms with Gasteiger partial charge in [-0.05, 0) is 18.4 Å². The summed E-state index contributed by atoms with van der Waals surface area (Å²) >= 11 is 0. The molecule has 0 aliphatic carbocycles. The lowest BCUT2D eigenvalue weighted by molar-refractivity contribution is -0.141. The number of hydrogen-bond acceptors (Lipinski definition) is 4. The summed E-state index contributed by atoms with van der Waals surface area (Å²) in [5, 5.41) is 11.7. The van der Waals surface area contributed by atoms with Crippen LogP contribution in [0.2, 0.25) is 0 Å². The van der Waals surface area contributed by atoms with Crippen molar-refractivity contribution in [1.29, 1.82) is 0 Å². The Morgan fingerprint density at radius 3 is 2.58 bits per heavy atom. The van der Waals surface area contributed by atoms with Gasteiger partial charge in [0.1, 0.15) is 18.5 Å². The van der Waals surface area contributed by atoms with Gasteiger partial charge in [-0.25, -0.2) is 0 Å². The zero-order valence-corrected chi connectivity index (χ0v) is 14.0. The van der Waals surface area contributed by atoms with E-state index >= 15 is 0 Å². The maximum absolute atomic E-state index is 11.8. The van der Waals surface area contributed by atoms with Crippen molar-refractivity contribution in [2.75, 3.05) is 39.3 Å². The molecule has 128 valence electrons. The molecule has 1 saturated heterocycles. The average molecular weight is 328 g/mol. The SMILES string of the molecule is CC(O)C(=O)N1CCN(CCOc2cccc3ccccc23)CC1. The van der Waals surface area contributed by atoms with Crippen molar-refractivity contribution in [2.45, 2.75) is 13.0 Å². The fourth-order valence-electron chi connectivity index (χ4n) is 3.06. The molecule has 5 heteroatoms. The van der Waals surface area contributed by atoms with Gasteiger partial charge in [-0.1, -0.05) is 36.4 Å². The minimum absolute atomic E-state index is 0.179. The number of piperazine rings is 1. The molecule has 1 fully saturated rings. The van der Waals surface area contributed by atoms with Gasteiger partial charge in [0.05, 0.1) is 0 Å². The van der Waals surface area contributed by atoms with Crippen LogP contribution in [0.5, 0.6) is 5.75 Å². The van der Waals surface area contributed by atoms with Gasteiger partial charge in [-0.2, -0.15) is 0 Å². The molecule has 1 aliphatic heterocycles. The Labute approximate surface area is 142 Å². The number of carbonyl (C=O) groups excluding carboxylic acids is 1. The first-order valence-electron chi connectivity index (χ1n) is 8.45. The predicted octanol–water partition coefficient (Wildman–Crippen LogP) is 1.74. The van der Waals surface area contributed by atoms with Crippen LogP contribution in [0.15, 0.2) is 42.5 Å². The highest BCUT2D eigenvalue weighted by Gasteiger charge is 2.23. The zero-order valence-electron chi connectivity index (χ0n) is 14.0. The van der Waals surface area contributed by atoms with Crippen LogP contribution in [0.4, 0.5) is 0 Å². The number of ether oxygens (including phenoxy) is 1. The monoisotopic (exact) mass is 328 g/mol. The zero-order chi connectivity index (χ0) is 16.9. The molecular formula is C19H24N2O3. The van der Waals surface area contributed by atoms with Gasteiger partial charge in [0.15, 0.2) is 0 Å². The van der Waals surface area contributed by atoms with Gasteiger partial charge in [0.2, 0.25) is 0 Å². The minimum atomic E-state index is -0.911. The highest BCUT2D eigenvalue weighted by molar-refractivity contribution is 5.88. The molecule has 0 radical (unpaired) electrons. The van der Waals surface area contributed by atoms with Crippen molar-refractivity contribution in [3.8, 4) is 5.75 Å². The van der Waals surface area contributed by atoms with E-state index < -0.39 is 6.10 Å². The molecule has 1 aliphatic rings. The Hall–Kier alpha value is -2.11. The number of rotatable bonds is 5. The topological polar surface area (TPSA) is 53.0 Å². The molecule has 5 nitrogen and oxygen atoms in total. The fourth-order valence-corrected chi connectivity index (χ4v) is 3.06. The van der Waals surface area contributed by atoms with Gasteiger partial charge in [0.25, 0.3) is 5.91 Å². The number of aliphatic hydroxyl groups is 1. The van der Waals surface area contributed by atoms with E-state index in [-0.39, 0.29) is 5.91 Å². The molecule has 24 heavy (non-hydrogen) atoms. The first-order chi connectivity index (χ1) is 11.6. The number of fused-ring (bicyclic) bond motifs is 1. The van der Waals surface area contributed by atoms with Crippen LogP contribution in [0.1, 0.15) is 6.92 Å². The van der Waals surface area contributed by atoms with Crippen LogP contribution in [-0.2, 0) is 4.79 Å². The van der Waals surface area contributed by atoms with E-state index in [1.165, 1.54) is 12.3 Å². The summed E-state index contributed by atoms with van der Waals surface area (Å²) in [6.45, 7) is 5.94. The smallest absolute Gasteiger partial charge is 0.251 e. The molecule has 0 aromatic heterocycles. The summed E-state index contributed by atoms with van der Waals surface area (Å²) in [6.07, 6.45) is -0.911. The predicted molar refractivity (Wildman–Crippen MR) is 94.1 cm³/mol. The summed E-state index contributed by atoms with van der Waals surface area (Å²) in [5.74, 6) is 0.734. The van der Waals surface area contributed by atoms with E-state index in [4.69, 9.17) is 4.74 Å². The number of nitrogens with zero attached hydrogens (tertiary/aromatic N) is 2. The Morgan fingerprint density at radius 2 is 1.83 bits per heavy atom. The molecule has 2 aromatic carbocycles. The molecule has 3 rings (SSSR count). The summed E-state index contributed by atoms with van der Waals surface area (Å²) in [4.78, 5) is 15.8. The largest absolute Gasteiger partial charge is 0.492 e. The Kier molecular flexibility index (Phi) is 5.33. The number of carbonyl (C=O) groups is 1. The summed E-state index contributed by atoms with van der Waals surface area (Å²) in [7, 11) is 0. The molecule has 0 saturated carbocycles. The second-order valence-corrected chi connectivity index (χ2v) is 6.17. The first kappa shape index (κ1) is 16.7. The van der Waals surface area contributed by atoms with Crippen molar-refractivity contribution >= 4 is 16.7 Å². The quantitative estimate of drug-likeness (QED) is 0.908. The summed E-state index contributed by atoms with van der Waals surface area (Å²) in [6, 6.07) is 14.3. The van der Waals surface area contributed by atoms with E-state index in [0.717, 1.165) is 30.8 Å². The number of benzene rings is 2. The highest BCUT2D eigenvalue weighted by atomic mass is 16.5. The van der Waals surface area contributed by atoms with E-state index in [2.05, 4.69) is 23.1 Å². The standard InChI is InChI=1S/C19H24N2O3/c1-15(22)19(23)21-11-9-20(10-12-21)13-14-24-18-8-4-6-16-5-2-3-7-17(16)18/h2-8,15,22H,9-14H2,1H3. The lowest BCUT2D eigenvalue weighted by atomic mass is 10.1. The molecule has 1 amide bonds. The van der Waals surface area contributed by atoms with Crippen LogP contribution in [0, 0.1) is 0 Å². The lowest BCUT2D eigenvalue weighted by Gasteiger charge is -2.35. The van der Waals surface area contributed by atoms with Gasteiger partial charge in [-0.15, -0.1) is 0 Å². The van der Waals surface area contributed by atoms with Crippen LogP contribution >= 0.6 is 0 Å². The van der Waals surface area contributed by atoms with Crippen molar-refractivity contribution < 1.29 is 14.6 Å². The molecule has 0 bridgehead atoms. The Bertz CT molecular complexity index is 689. The average Bonchev–Trinajstić information content (AvgIpc) is 2.62. The molecule has 2 aromatic rings. The molecule has 1 N–H and O–H groups in total. The van der Waals surface area contributed by atoms with Crippen molar-refractivity contribution in [3.05, 3.63) is 42.5 Å². The summed E-state index contributed by atoms with van der Waals surface area (Å²) < 4.78 is 5.97.